The number of nitrogens with one attached hydrogen (secondary N) is 1. The second kappa shape index (κ2) is 7.21. The number of hydrogen-bond acceptors (Lipinski definition) is 5. The van der Waals surface area contributed by atoms with Gasteiger partial charge in [-0.2, -0.15) is 0 Å². The van der Waals surface area contributed by atoms with E-state index >= 15 is 0 Å². The molecule has 2 N–H and O–H groups in total. The maximum atomic E-state index is 11.3. The molecule has 0 radical (unpaired) electrons. The lowest BCUT2D eigenvalue weighted by Gasteiger charge is -2.06. The van der Waals surface area contributed by atoms with Crippen LogP contribution in [0.2, 0.25) is 0 Å². The van der Waals surface area contributed by atoms with Crippen LogP contribution in [0, 0.1) is 11.8 Å². The summed E-state index contributed by atoms with van der Waals surface area (Å²) in [7, 11) is 1.75. The summed E-state index contributed by atoms with van der Waals surface area (Å²) in [4.78, 5) is 24.6. The number of fused-ring (bicyclic) bond motifs is 1. The molecular formula is C21H15N5O2. The molecule has 7 heteroatoms. The van der Waals surface area contributed by atoms with Crippen LogP contribution < -0.4 is 5.32 Å². The van der Waals surface area contributed by atoms with E-state index in [0.717, 1.165) is 5.56 Å². The van der Waals surface area contributed by atoms with E-state index < -0.39 is 5.97 Å². The molecule has 0 unspecified atom stereocenters. The third-order valence-corrected chi connectivity index (χ3v) is 4.10. The van der Waals surface area contributed by atoms with Crippen molar-refractivity contribution < 1.29 is 9.90 Å². The lowest BCUT2D eigenvalue weighted by Crippen LogP contribution is -2.03. The van der Waals surface area contributed by atoms with E-state index in [0.29, 0.717) is 28.5 Å². The van der Waals surface area contributed by atoms with Crippen LogP contribution in [-0.2, 0) is 0 Å². The number of carboxylic acids is 1. The van der Waals surface area contributed by atoms with Gasteiger partial charge in [0.25, 0.3) is 0 Å². The van der Waals surface area contributed by atoms with Crippen molar-refractivity contribution in [2.75, 3.05) is 12.4 Å². The molecule has 0 saturated heterocycles. The number of aromatic carboxylic acids is 1. The SMILES string of the molecule is CNc1nc(C#Cc2ccccc2)nc2c1ncn2-c1cccc(C(=O)O)c1. The molecule has 4 aromatic rings. The molecule has 0 saturated carbocycles. The highest BCUT2D eigenvalue weighted by molar-refractivity contribution is 5.89. The number of carbonyl (C=O) groups is 1. The number of anilines is 1. The molecule has 0 bridgehead atoms. The van der Waals surface area contributed by atoms with Gasteiger partial charge in [-0.3, -0.25) is 4.57 Å². The van der Waals surface area contributed by atoms with Crippen LogP contribution in [0.4, 0.5) is 5.82 Å². The van der Waals surface area contributed by atoms with Gasteiger partial charge < -0.3 is 10.4 Å². The maximum Gasteiger partial charge on any atom is 0.335 e. The van der Waals surface area contributed by atoms with Crippen LogP contribution in [0.25, 0.3) is 16.9 Å². The standard InChI is InChI=1S/C21H15N5O2/c1-22-19-18-20(25-17(24-19)11-10-14-6-3-2-4-7-14)26(13-23-18)16-9-5-8-15(12-16)21(27)28/h2-9,12-13H,1H3,(H,27,28)(H,22,24,25). The monoisotopic (exact) mass is 369 g/mol. The van der Waals surface area contributed by atoms with Gasteiger partial charge in [0, 0.05) is 18.3 Å². The largest absolute Gasteiger partial charge is 0.478 e. The fourth-order valence-electron chi connectivity index (χ4n) is 2.76. The summed E-state index contributed by atoms with van der Waals surface area (Å²) in [5.41, 5.74) is 2.81. The maximum absolute atomic E-state index is 11.3. The highest BCUT2D eigenvalue weighted by Crippen LogP contribution is 2.22. The van der Waals surface area contributed by atoms with Crippen molar-refractivity contribution >= 4 is 23.0 Å². The van der Waals surface area contributed by atoms with Crippen LogP contribution in [-0.4, -0.2) is 37.6 Å². The van der Waals surface area contributed by atoms with Crippen LogP contribution in [0.5, 0.6) is 0 Å². The predicted octanol–water partition coefficient (Wildman–Crippen LogP) is 2.96. The fraction of sp³-hybridized carbons (Fsp3) is 0.0476. The molecule has 0 spiro atoms. The zero-order chi connectivity index (χ0) is 19.5. The molecule has 0 atom stereocenters. The van der Waals surface area contributed by atoms with E-state index in [1.807, 2.05) is 30.3 Å². The topological polar surface area (TPSA) is 92.9 Å². The summed E-state index contributed by atoms with van der Waals surface area (Å²) < 4.78 is 1.72. The Kier molecular flexibility index (Phi) is 4.44. The van der Waals surface area contributed by atoms with Crippen LogP contribution >= 0.6 is 0 Å². The molecule has 0 aliphatic heterocycles. The first kappa shape index (κ1) is 17.2. The molecule has 0 amide bonds. The Balaban J connectivity index is 1.85. The van der Waals surface area contributed by atoms with E-state index in [4.69, 9.17) is 0 Å². The second-order valence-electron chi connectivity index (χ2n) is 5.90. The van der Waals surface area contributed by atoms with Crippen molar-refractivity contribution in [3.8, 4) is 17.5 Å². The average molecular weight is 369 g/mol. The molecule has 7 nitrogen and oxygen atoms in total. The molecule has 136 valence electrons. The number of imidazole rings is 1. The summed E-state index contributed by atoms with van der Waals surface area (Å²) in [5, 5.41) is 12.3. The van der Waals surface area contributed by atoms with Crippen LogP contribution in [0.3, 0.4) is 0 Å². The summed E-state index contributed by atoms with van der Waals surface area (Å²) in [6, 6.07) is 16.2. The fourth-order valence-corrected chi connectivity index (χ4v) is 2.76. The van der Waals surface area contributed by atoms with Gasteiger partial charge in [0.2, 0.25) is 5.82 Å². The van der Waals surface area contributed by atoms with Crippen molar-refractivity contribution in [2.45, 2.75) is 0 Å². The van der Waals surface area contributed by atoms with Gasteiger partial charge >= 0.3 is 5.97 Å². The van der Waals surface area contributed by atoms with Gasteiger partial charge in [-0.05, 0) is 36.3 Å². The summed E-state index contributed by atoms with van der Waals surface area (Å²) in [5.74, 6) is 5.92. The molecule has 0 aliphatic carbocycles. The second-order valence-corrected chi connectivity index (χ2v) is 5.90. The third kappa shape index (κ3) is 3.27. The Morgan fingerprint density at radius 1 is 1.07 bits per heavy atom. The quantitative estimate of drug-likeness (QED) is 0.540. The molecular weight excluding hydrogens is 354 g/mol. The highest BCUT2D eigenvalue weighted by atomic mass is 16.4. The molecule has 2 aromatic heterocycles. The lowest BCUT2D eigenvalue weighted by molar-refractivity contribution is 0.0697. The van der Waals surface area contributed by atoms with Gasteiger partial charge in [-0.1, -0.05) is 30.2 Å². The van der Waals surface area contributed by atoms with Crippen molar-refractivity contribution in [2.24, 2.45) is 0 Å². The Morgan fingerprint density at radius 2 is 1.89 bits per heavy atom. The predicted molar refractivity (Wildman–Crippen MR) is 106 cm³/mol. The number of rotatable bonds is 3. The Morgan fingerprint density at radius 3 is 2.64 bits per heavy atom. The number of nitrogens with zero attached hydrogens (tertiary/aromatic N) is 4. The van der Waals surface area contributed by atoms with E-state index in [2.05, 4.69) is 32.1 Å². The van der Waals surface area contributed by atoms with Crippen LogP contribution in [0.1, 0.15) is 21.7 Å². The summed E-state index contributed by atoms with van der Waals surface area (Å²) >= 11 is 0. The van der Waals surface area contributed by atoms with E-state index in [9.17, 15) is 9.90 Å². The normalized spacial score (nSPS) is 10.3. The van der Waals surface area contributed by atoms with Gasteiger partial charge in [0.05, 0.1) is 5.56 Å². The number of aromatic nitrogens is 4. The lowest BCUT2D eigenvalue weighted by atomic mass is 10.2. The highest BCUT2D eigenvalue weighted by Gasteiger charge is 2.14. The van der Waals surface area contributed by atoms with Gasteiger partial charge in [0.1, 0.15) is 6.33 Å². The first-order valence-electron chi connectivity index (χ1n) is 8.49. The summed E-state index contributed by atoms with van der Waals surface area (Å²) in [6.45, 7) is 0. The Bertz CT molecular complexity index is 1240. The van der Waals surface area contributed by atoms with Gasteiger partial charge in [-0.15, -0.1) is 0 Å². The minimum Gasteiger partial charge on any atom is -0.478 e. The molecule has 2 aromatic carbocycles. The molecule has 0 fully saturated rings. The first-order chi connectivity index (χ1) is 13.7. The van der Waals surface area contributed by atoms with E-state index in [-0.39, 0.29) is 5.56 Å². The minimum absolute atomic E-state index is 0.186. The molecule has 2 heterocycles. The molecule has 0 aliphatic rings. The first-order valence-corrected chi connectivity index (χ1v) is 8.49. The molecule has 4 rings (SSSR count). The van der Waals surface area contributed by atoms with Crippen molar-refractivity contribution in [1.82, 2.24) is 19.5 Å². The molecule has 28 heavy (non-hydrogen) atoms. The smallest absolute Gasteiger partial charge is 0.335 e. The van der Waals surface area contributed by atoms with E-state index in [1.54, 1.807) is 36.1 Å². The number of benzene rings is 2. The van der Waals surface area contributed by atoms with Crippen molar-refractivity contribution in [3.63, 3.8) is 0 Å². The number of hydrogen-bond donors (Lipinski definition) is 2. The zero-order valence-electron chi connectivity index (χ0n) is 14.9. The van der Waals surface area contributed by atoms with Gasteiger partial charge in [0.15, 0.2) is 17.0 Å². The number of carboxylic acid groups (broad SMARTS) is 1. The van der Waals surface area contributed by atoms with Gasteiger partial charge in [-0.25, -0.2) is 19.7 Å². The van der Waals surface area contributed by atoms with Crippen molar-refractivity contribution in [3.05, 3.63) is 77.9 Å². The zero-order valence-corrected chi connectivity index (χ0v) is 14.9. The third-order valence-electron chi connectivity index (χ3n) is 4.10. The minimum atomic E-state index is -0.994. The van der Waals surface area contributed by atoms with E-state index in [1.165, 1.54) is 6.07 Å². The average Bonchev–Trinajstić information content (AvgIpc) is 3.16. The Hall–Kier alpha value is -4.18. The summed E-state index contributed by atoms with van der Waals surface area (Å²) in [6.07, 6.45) is 1.59. The Labute approximate surface area is 160 Å². The van der Waals surface area contributed by atoms with Crippen LogP contribution in [0.15, 0.2) is 60.9 Å². The van der Waals surface area contributed by atoms with Crippen molar-refractivity contribution in [1.29, 1.82) is 0 Å².